The molecular weight excluding hydrogens is 386 g/mol. The van der Waals surface area contributed by atoms with E-state index in [1.165, 1.54) is 16.3 Å². The first kappa shape index (κ1) is 20.9. The lowest BCUT2D eigenvalue weighted by molar-refractivity contribution is -0.119. The molecule has 6 nitrogen and oxygen atoms in total. The van der Waals surface area contributed by atoms with Crippen LogP contribution in [0.5, 0.6) is 5.75 Å². The van der Waals surface area contributed by atoms with E-state index in [4.69, 9.17) is 4.74 Å². The topological polar surface area (TPSA) is 73.2 Å². The summed E-state index contributed by atoms with van der Waals surface area (Å²) in [6.07, 6.45) is 0.857. The quantitative estimate of drug-likeness (QED) is 0.474. The molecule has 0 saturated heterocycles. The van der Waals surface area contributed by atoms with Crippen molar-refractivity contribution < 1.29 is 9.53 Å². The van der Waals surface area contributed by atoms with Crippen LogP contribution in [0, 0.1) is 6.92 Å². The minimum atomic E-state index is -0.190. The molecular formula is C22H25N3O3S. The van der Waals surface area contributed by atoms with E-state index in [1.54, 1.807) is 19.2 Å². The molecule has 7 heteroatoms. The van der Waals surface area contributed by atoms with Gasteiger partial charge in [-0.25, -0.2) is 4.98 Å². The maximum atomic E-state index is 13.4. The van der Waals surface area contributed by atoms with Gasteiger partial charge in [0.05, 0.1) is 29.5 Å². The standard InChI is InChI=1S/C22H25N3O3S/c1-5-15(3)23-20(26)13-29-22-24-17-9-7-6-8-16(17)21(27)25(22)18-12-14(2)10-11-19(18)28-4/h6-12,15H,5,13H2,1-4H3,(H,23,26)/t15-/m1/s1. The van der Waals surface area contributed by atoms with Crippen LogP contribution >= 0.6 is 11.8 Å². The molecule has 0 aliphatic heterocycles. The Bertz CT molecular complexity index is 1090. The number of hydrogen-bond acceptors (Lipinski definition) is 5. The van der Waals surface area contributed by atoms with Gasteiger partial charge in [0.2, 0.25) is 5.91 Å². The number of aromatic nitrogens is 2. The van der Waals surface area contributed by atoms with Gasteiger partial charge in [0.1, 0.15) is 5.75 Å². The lowest BCUT2D eigenvalue weighted by atomic mass is 10.2. The molecule has 0 saturated carbocycles. The lowest BCUT2D eigenvalue weighted by Gasteiger charge is -2.17. The Balaban J connectivity index is 2.11. The van der Waals surface area contributed by atoms with Crippen LogP contribution in [0.25, 0.3) is 16.6 Å². The fraction of sp³-hybridized carbons (Fsp3) is 0.318. The Hall–Kier alpha value is -2.80. The van der Waals surface area contributed by atoms with Gasteiger partial charge in [-0.05, 0) is 50.1 Å². The number of hydrogen-bond donors (Lipinski definition) is 1. The van der Waals surface area contributed by atoms with Gasteiger partial charge in [-0.1, -0.05) is 36.9 Å². The number of methoxy groups -OCH3 is 1. The first-order valence-electron chi connectivity index (χ1n) is 9.53. The third-order valence-electron chi connectivity index (χ3n) is 4.67. The lowest BCUT2D eigenvalue weighted by Crippen LogP contribution is -2.33. The molecule has 0 radical (unpaired) electrons. The van der Waals surface area contributed by atoms with E-state index >= 15 is 0 Å². The van der Waals surface area contributed by atoms with Crippen LogP contribution in [0.4, 0.5) is 0 Å². The number of fused-ring (bicyclic) bond motifs is 1. The normalized spacial score (nSPS) is 12.0. The van der Waals surface area contributed by atoms with Crippen molar-refractivity contribution in [2.45, 2.75) is 38.4 Å². The van der Waals surface area contributed by atoms with Crippen molar-refractivity contribution in [2.24, 2.45) is 0 Å². The molecule has 152 valence electrons. The Morgan fingerprint density at radius 2 is 2.03 bits per heavy atom. The zero-order chi connectivity index (χ0) is 21.0. The van der Waals surface area contributed by atoms with Gasteiger partial charge in [0.25, 0.3) is 5.56 Å². The number of benzene rings is 2. The molecule has 0 aliphatic carbocycles. The van der Waals surface area contributed by atoms with Gasteiger partial charge in [-0.15, -0.1) is 0 Å². The van der Waals surface area contributed by atoms with E-state index in [-0.39, 0.29) is 23.3 Å². The number of ether oxygens (including phenoxy) is 1. The van der Waals surface area contributed by atoms with Crippen LogP contribution in [0.3, 0.4) is 0 Å². The Labute approximate surface area is 174 Å². The zero-order valence-electron chi connectivity index (χ0n) is 17.1. The number of thioether (sulfide) groups is 1. The van der Waals surface area contributed by atoms with Crippen LogP contribution in [0.1, 0.15) is 25.8 Å². The van der Waals surface area contributed by atoms with Crippen molar-refractivity contribution in [1.82, 2.24) is 14.9 Å². The fourth-order valence-corrected chi connectivity index (χ4v) is 3.76. The van der Waals surface area contributed by atoms with Crippen molar-refractivity contribution >= 4 is 28.6 Å². The number of rotatable bonds is 7. The largest absolute Gasteiger partial charge is 0.495 e. The highest BCUT2D eigenvalue weighted by molar-refractivity contribution is 7.99. The number of nitrogens with one attached hydrogen (secondary N) is 1. The number of carbonyl (C=O) groups is 1. The Kier molecular flexibility index (Phi) is 6.59. The molecule has 1 amide bonds. The number of carbonyl (C=O) groups excluding carboxylic acids is 1. The zero-order valence-corrected chi connectivity index (χ0v) is 17.9. The van der Waals surface area contributed by atoms with Crippen molar-refractivity contribution in [1.29, 1.82) is 0 Å². The van der Waals surface area contributed by atoms with Crippen molar-refractivity contribution in [3.8, 4) is 11.4 Å². The highest BCUT2D eigenvalue weighted by Crippen LogP contribution is 2.28. The molecule has 29 heavy (non-hydrogen) atoms. The average Bonchev–Trinajstić information content (AvgIpc) is 2.72. The molecule has 0 bridgehead atoms. The molecule has 1 atom stereocenters. The first-order chi connectivity index (χ1) is 13.9. The van der Waals surface area contributed by atoms with Gasteiger partial charge in [-0.2, -0.15) is 0 Å². The average molecular weight is 412 g/mol. The van der Waals surface area contributed by atoms with Crippen molar-refractivity contribution in [2.75, 3.05) is 12.9 Å². The second-order valence-corrected chi connectivity index (χ2v) is 7.84. The van der Waals surface area contributed by atoms with Gasteiger partial charge in [0.15, 0.2) is 5.16 Å². The predicted octanol–water partition coefficient (Wildman–Crippen LogP) is 3.71. The molecule has 3 aromatic rings. The minimum Gasteiger partial charge on any atom is -0.495 e. The predicted molar refractivity (Wildman–Crippen MR) is 117 cm³/mol. The van der Waals surface area contributed by atoms with Crippen LogP contribution in [-0.4, -0.2) is 34.4 Å². The third kappa shape index (κ3) is 4.62. The summed E-state index contributed by atoms with van der Waals surface area (Å²) < 4.78 is 7.03. The third-order valence-corrected chi connectivity index (χ3v) is 5.61. The second-order valence-electron chi connectivity index (χ2n) is 6.89. The molecule has 1 aromatic heterocycles. The number of para-hydroxylation sites is 1. The monoisotopic (exact) mass is 411 g/mol. The fourth-order valence-electron chi connectivity index (χ4n) is 2.95. The van der Waals surface area contributed by atoms with Crippen LogP contribution in [-0.2, 0) is 4.79 Å². The van der Waals surface area contributed by atoms with Crippen LogP contribution in [0.2, 0.25) is 0 Å². The molecule has 2 aromatic carbocycles. The molecule has 0 fully saturated rings. The van der Waals surface area contributed by atoms with Gasteiger partial charge < -0.3 is 10.1 Å². The summed E-state index contributed by atoms with van der Waals surface area (Å²) in [5.74, 6) is 0.652. The van der Waals surface area contributed by atoms with E-state index in [1.807, 2.05) is 51.1 Å². The first-order valence-corrected chi connectivity index (χ1v) is 10.5. The summed E-state index contributed by atoms with van der Waals surface area (Å²) in [5, 5.41) is 3.92. The van der Waals surface area contributed by atoms with Gasteiger partial charge in [-0.3, -0.25) is 14.2 Å². The highest BCUT2D eigenvalue weighted by atomic mass is 32.2. The summed E-state index contributed by atoms with van der Waals surface area (Å²) >= 11 is 1.24. The highest BCUT2D eigenvalue weighted by Gasteiger charge is 2.18. The Morgan fingerprint density at radius 1 is 1.28 bits per heavy atom. The molecule has 0 unspecified atom stereocenters. The summed E-state index contributed by atoms with van der Waals surface area (Å²) in [4.78, 5) is 30.3. The molecule has 0 aliphatic rings. The number of aryl methyl sites for hydroxylation is 1. The van der Waals surface area contributed by atoms with E-state index in [0.29, 0.717) is 27.5 Å². The Morgan fingerprint density at radius 3 is 2.76 bits per heavy atom. The van der Waals surface area contributed by atoms with Gasteiger partial charge in [0, 0.05) is 6.04 Å². The summed E-state index contributed by atoms with van der Waals surface area (Å²) in [5.41, 5.74) is 2.02. The SMILES string of the molecule is CC[C@@H](C)NC(=O)CSc1nc2ccccc2c(=O)n1-c1cc(C)ccc1OC. The van der Waals surface area contributed by atoms with E-state index < -0.39 is 0 Å². The van der Waals surface area contributed by atoms with Crippen molar-refractivity contribution in [3.05, 3.63) is 58.4 Å². The minimum absolute atomic E-state index is 0.0884. The number of amides is 1. The summed E-state index contributed by atoms with van der Waals surface area (Å²) in [6.45, 7) is 5.93. The molecule has 3 rings (SSSR count). The maximum absolute atomic E-state index is 13.4. The second kappa shape index (κ2) is 9.13. The van der Waals surface area contributed by atoms with E-state index in [9.17, 15) is 9.59 Å². The van der Waals surface area contributed by atoms with Gasteiger partial charge >= 0.3 is 0 Å². The number of nitrogens with zero attached hydrogens (tertiary/aromatic N) is 2. The van der Waals surface area contributed by atoms with Crippen LogP contribution in [0.15, 0.2) is 52.4 Å². The van der Waals surface area contributed by atoms with Crippen LogP contribution < -0.4 is 15.6 Å². The molecule has 0 spiro atoms. The smallest absolute Gasteiger partial charge is 0.266 e. The van der Waals surface area contributed by atoms with E-state index in [2.05, 4.69) is 10.3 Å². The van der Waals surface area contributed by atoms with E-state index in [0.717, 1.165) is 12.0 Å². The summed E-state index contributed by atoms with van der Waals surface area (Å²) in [6, 6.07) is 13.0. The van der Waals surface area contributed by atoms with Crippen molar-refractivity contribution in [3.63, 3.8) is 0 Å². The summed E-state index contributed by atoms with van der Waals surface area (Å²) in [7, 11) is 1.57. The molecule has 1 N–H and O–H groups in total. The molecule has 1 heterocycles. The maximum Gasteiger partial charge on any atom is 0.266 e.